The third kappa shape index (κ3) is 5.19. The fourth-order valence-electron chi connectivity index (χ4n) is 6.44. The van der Waals surface area contributed by atoms with E-state index in [1.165, 1.54) is 5.57 Å². The average molecular weight is 522 g/mol. The van der Waals surface area contributed by atoms with Gasteiger partial charge in [0.2, 0.25) is 0 Å². The minimum atomic E-state index is -0.673. The van der Waals surface area contributed by atoms with E-state index in [2.05, 4.69) is 48.2 Å². The smallest absolute Gasteiger partial charge is 0.130 e. The van der Waals surface area contributed by atoms with Crippen LogP contribution in [0, 0.1) is 10.8 Å². The maximum Gasteiger partial charge on any atom is 0.130 e. The van der Waals surface area contributed by atoms with Gasteiger partial charge in [-0.15, -0.1) is 16.5 Å². The monoisotopic (exact) mass is 521 g/mol. The van der Waals surface area contributed by atoms with Crippen LogP contribution in [0.15, 0.2) is 70.4 Å². The number of methoxy groups -OCH3 is 1. The number of dihydropyridines is 1. The SMILES string of the molecule is COc1ccc2c(c1)/C(=C/CCN1C(C)CC(N=O)(C3=CCC(Cl)C=C3)CC1C)C1C=CC=NC1CO2. The van der Waals surface area contributed by atoms with Crippen molar-refractivity contribution in [3.63, 3.8) is 0 Å². The second-order valence-electron chi connectivity index (χ2n) is 10.6. The lowest BCUT2D eigenvalue weighted by Crippen LogP contribution is -2.53. The van der Waals surface area contributed by atoms with Crippen molar-refractivity contribution in [3.8, 4) is 11.5 Å². The van der Waals surface area contributed by atoms with Gasteiger partial charge in [0.15, 0.2) is 0 Å². The van der Waals surface area contributed by atoms with Gasteiger partial charge in [-0.25, -0.2) is 0 Å². The van der Waals surface area contributed by atoms with Crippen LogP contribution >= 0.6 is 11.6 Å². The van der Waals surface area contributed by atoms with Crippen molar-refractivity contribution in [1.29, 1.82) is 0 Å². The Morgan fingerprint density at radius 1 is 1.27 bits per heavy atom. The third-order valence-electron chi connectivity index (χ3n) is 8.27. The van der Waals surface area contributed by atoms with Crippen LogP contribution in [-0.2, 0) is 0 Å². The van der Waals surface area contributed by atoms with Crippen LogP contribution in [0.4, 0.5) is 0 Å². The number of aliphatic imine (C=N–C) groups is 1. The molecule has 7 heteroatoms. The minimum Gasteiger partial charge on any atom is -0.497 e. The summed E-state index contributed by atoms with van der Waals surface area (Å²) in [5, 5.41) is 3.71. The Morgan fingerprint density at radius 2 is 2.08 bits per heavy atom. The number of nitroso groups, excluding NO2 is 1. The van der Waals surface area contributed by atoms with Crippen LogP contribution in [0.2, 0.25) is 0 Å². The van der Waals surface area contributed by atoms with E-state index in [4.69, 9.17) is 26.1 Å². The molecule has 6 nitrogen and oxygen atoms in total. The van der Waals surface area contributed by atoms with Crippen molar-refractivity contribution in [2.24, 2.45) is 16.1 Å². The first-order valence-corrected chi connectivity index (χ1v) is 13.7. The summed E-state index contributed by atoms with van der Waals surface area (Å²) in [5.74, 6) is 1.86. The van der Waals surface area contributed by atoms with Gasteiger partial charge >= 0.3 is 0 Å². The first-order chi connectivity index (χ1) is 17.9. The number of ether oxygens (including phenoxy) is 2. The Hall–Kier alpha value is -2.70. The summed E-state index contributed by atoms with van der Waals surface area (Å²) in [6.45, 7) is 5.89. The molecule has 0 bridgehead atoms. The Balaban J connectivity index is 1.35. The van der Waals surface area contributed by atoms with E-state index in [-0.39, 0.29) is 29.4 Å². The molecule has 5 atom stereocenters. The van der Waals surface area contributed by atoms with Crippen molar-refractivity contribution >= 4 is 23.4 Å². The van der Waals surface area contributed by atoms with Crippen molar-refractivity contribution < 1.29 is 9.47 Å². The standard InChI is InChI=1S/C30H36ClN3O3/c1-20-17-30(33-35,22-8-10-23(31)11-9-22)18-21(2)34(20)15-5-7-25-26-6-4-14-32-28(26)19-37-29-13-12-24(36-3)16-27(25)29/h4,6-10,12-14,16,20-21,23,26,28H,5,11,15,17-19H2,1-3H3/b25-7+. The molecule has 0 aromatic heterocycles. The molecule has 0 saturated carbocycles. The van der Waals surface area contributed by atoms with Crippen molar-refractivity contribution in [1.82, 2.24) is 4.90 Å². The van der Waals surface area contributed by atoms with Crippen LogP contribution in [0.3, 0.4) is 0 Å². The molecule has 0 N–H and O–H groups in total. The summed E-state index contributed by atoms with van der Waals surface area (Å²) in [5.41, 5.74) is 2.66. The molecule has 1 aromatic rings. The number of allylic oxidation sites excluding steroid dienone is 3. The van der Waals surface area contributed by atoms with E-state index in [9.17, 15) is 4.91 Å². The van der Waals surface area contributed by atoms with Gasteiger partial charge in [-0.3, -0.25) is 9.89 Å². The summed E-state index contributed by atoms with van der Waals surface area (Å²) >= 11 is 6.23. The Labute approximate surface area is 224 Å². The minimum absolute atomic E-state index is 0.000733. The van der Waals surface area contributed by atoms with E-state index < -0.39 is 5.54 Å². The van der Waals surface area contributed by atoms with E-state index in [1.54, 1.807) is 7.11 Å². The summed E-state index contributed by atoms with van der Waals surface area (Å²) in [4.78, 5) is 19.4. The first-order valence-electron chi connectivity index (χ1n) is 13.3. The van der Waals surface area contributed by atoms with Gasteiger partial charge in [-0.2, -0.15) is 0 Å². The topological polar surface area (TPSA) is 63.5 Å². The van der Waals surface area contributed by atoms with E-state index >= 15 is 0 Å². The van der Waals surface area contributed by atoms with Crippen LogP contribution < -0.4 is 9.47 Å². The summed E-state index contributed by atoms with van der Waals surface area (Å²) in [6.07, 6.45) is 17.7. The molecule has 1 aromatic carbocycles. The van der Waals surface area contributed by atoms with E-state index in [1.807, 2.05) is 36.6 Å². The molecule has 4 aliphatic rings. The molecular weight excluding hydrogens is 486 g/mol. The molecular formula is C30H36ClN3O3. The van der Waals surface area contributed by atoms with Crippen molar-refractivity contribution in [3.05, 3.63) is 70.7 Å². The first kappa shape index (κ1) is 25.9. The number of hydrogen-bond donors (Lipinski definition) is 0. The molecule has 1 fully saturated rings. The highest BCUT2D eigenvalue weighted by molar-refractivity contribution is 6.22. The molecule has 3 heterocycles. The van der Waals surface area contributed by atoms with Gasteiger partial charge in [-0.05, 0) is 75.0 Å². The number of halogens is 1. The zero-order valence-electron chi connectivity index (χ0n) is 21.8. The quantitative estimate of drug-likeness (QED) is 0.323. The maximum atomic E-state index is 12.2. The lowest BCUT2D eigenvalue weighted by atomic mass is 9.74. The van der Waals surface area contributed by atoms with Gasteiger partial charge in [0, 0.05) is 36.3 Å². The fraction of sp³-hybridized carbons (Fsp3) is 0.500. The number of benzene rings is 1. The molecule has 196 valence electrons. The van der Waals surface area contributed by atoms with Gasteiger partial charge in [0.25, 0.3) is 0 Å². The summed E-state index contributed by atoms with van der Waals surface area (Å²) in [6, 6.07) is 6.54. The van der Waals surface area contributed by atoms with Crippen LogP contribution in [0.25, 0.3) is 5.57 Å². The van der Waals surface area contributed by atoms with Gasteiger partial charge in [0.05, 0.1) is 18.5 Å². The third-order valence-corrected chi connectivity index (χ3v) is 8.60. The zero-order valence-corrected chi connectivity index (χ0v) is 22.6. The highest BCUT2D eigenvalue weighted by Crippen LogP contribution is 2.43. The average Bonchev–Trinajstić information content (AvgIpc) is 3.07. The Bertz CT molecular complexity index is 1160. The van der Waals surface area contributed by atoms with E-state index in [0.717, 1.165) is 54.9 Å². The second kappa shape index (κ2) is 11.0. The summed E-state index contributed by atoms with van der Waals surface area (Å²) < 4.78 is 11.7. The molecule has 0 radical (unpaired) electrons. The molecule has 5 unspecified atom stereocenters. The number of piperidine rings is 1. The highest BCUT2D eigenvalue weighted by Gasteiger charge is 2.45. The van der Waals surface area contributed by atoms with Crippen molar-refractivity contribution in [2.75, 3.05) is 20.3 Å². The van der Waals surface area contributed by atoms with E-state index in [0.29, 0.717) is 6.61 Å². The normalized spacial score (nSPS) is 34.2. The number of fused-ring (bicyclic) bond motifs is 2. The predicted molar refractivity (Wildman–Crippen MR) is 151 cm³/mol. The number of likely N-dealkylation sites (tertiary alicyclic amines) is 1. The van der Waals surface area contributed by atoms with Crippen LogP contribution in [-0.4, -0.2) is 60.4 Å². The summed E-state index contributed by atoms with van der Waals surface area (Å²) in [7, 11) is 1.69. The van der Waals surface area contributed by atoms with Gasteiger partial charge < -0.3 is 9.47 Å². The number of hydrogen-bond acceptors (Lipinski definition) is 6. The largest absolute Gasteiger partial charge is 0.497 e. The highest BCUT2D eigenvalue weighted by atomic mass is 35.5. The van der Waals surface area contributed by atoms with Crippen LogP contribution in [0.1, 0.15) is 45.1 Å². The molecule has 0 spiro atoms. The van der Waals surface area contributed by atoms with Gasteiger partial charge in [-0.1, -0.05) is 35.6 Å². The maximum absolute atomic E-state index is 12.2. The molecule has 37 heavy (non-hydrogen) atoms. The molecule has 1 saturated heterocycles. The second-order valence-corrected chi connectivity index (χ2v) is 11.2. The molecule has 1 aliphatic carbocycles. The molecule has 0 amide bonds. The fourth-order valence-corrected chi connectivity index (χ4v) is 6.60. The predicted octanol–water partition coefficient (Wildman–Crippen LogP) is 6.36. The number of nitrogens with zero attached hydrogens (tertiary/aromatic N) is 3. The van der Waals surface area contributed by atoms with Crippen LogP contribution in [0.5, 0.6) is 11.5 Å². The van der Waals surface area contributed by atoms with Crippen molar-refractivity contribution in [2.45, 2.75) is 68.6 Å². The lowest BCUT2D eigenvalue weighted by molar-refractivity contribution is 0.0710. The lowest BCUT2D eigenvalue weighted by Gasteiger charge is -2.47. The molecule has 3 aliphatic heterocycles. The van der Waals surface area contributed by atoms with Gasteiger partial charge in [0.1, 0.15) is 23.6 Å². The Kier molecular flexibility index (Phi) is 7.68. The number of alkyl halides is 1. The zero-order chi connectivity index (χ0) is 26.0. The molecule has 5 rings (SSSR count). The number of rotatable bonds is 6. The Morgan fingerprint density at radius 3 is 2.78 bits per heavy atom.